The predicted octanol–water partition coefficient (Wildman–Crippen LogP) is 18.2. The molecule has 0 rings (SSSR count). The highest BCUT2D eigenvalue weighted by Crippen LogP contribution is 2.18. The van der Waals surface area contributed by atoms with E-state index in [-0.39, 0.29) is 24.9 Å². The Morgan fingerprint density at radius 3 is 1.25 bits per heavy atom. The fourth-order valence-corrected chi connectivity index (χ4v) is 8.97. The molecule has 3 atom stereocenters. The van der Waals surface area contributed by atoms with Gasteiger partial charge >= 0.3 is 5.97 Å². The maximum atomic E-state index is 13.3. The molecule has 0 radical (unpaired) electrons. The van der Waals surface area contributed by atoms with E-state index in [1.54, 1.807) is 0 Å². The highest BCUT2D eigenvalue weighted by molar-refractivity contribution is 5.77. The lowest BCUT2D eigenvalue weighted by Crippen LogP contribution is -2.46. The molecule has 3 N–H and O–H groups in total. The lowest BCUT2D eigenvalue weighted by molar-refractivity contribution is -0.151. The Labute approximate surface area is 416 Å². The number of allylic oxidation sites excluding steroid dienone is 8. The molecule has 0 aromatic rings. The third-order valence-electron chi connectivity index (χ3n) is 13.4. The van der Waals surface area contributed by atoms with Gasteiger partial charge in [0.2, 0.25) is 5.91 Å². The van der Waals surface area contributed by atoms with E-state index in [0.717, 1.165) is 89.9 Å². The summed E-state index contributed by atoms with van der Waals surface area (Å²) in [7, 11) is 0. The smallest absolute Gasteiger partial charge is 0.306 e. The Morgan fingerprint density at radius 1 is 0.448 bits per heavy atom. The summed E-state index contributed by atoms with van der Waals surface area (Å²) in [4.78, 5) is 26.3. The molecule has 0 aromatic heterocycles. The topological polar surface area (TPSA) is 95.9 Å². The van der Waals surface area contributed by atoms with E-state index in [2.05, 4.69) is 74.7 Å². The first-order chi connectivity index (χ1) is 33.0. The van der Waals surface area contributed by atoms with Crippen LogP contribution in [-0.4, -0.2) is 46.9 Å². The summed E-state index contributed by atoms with van der Waals surface area (Å²) in [5.74, 6) is -0.492. The molecule has 3 unspecified atom stereocenters. The van der Waals surface area contributed by atoms with Crippen molar-refractivity contribution in [1.29, 1.82) is 0 Å². The van der Waals surface area contributed by atoms with Gasteiger partial charge in [-0.3, -0.25) is 9.59 Å². The van der Waals surface area contributed by atoms with Crippen LogP contribution in [-0.2, 0) is 14.3 Å². The minimum Gasteiger partial charge on any atom is -0.462 e. The van der Waals surface area contributed by atoms with Crippen LogP contribution in [0.2, 0.25) is 0 Å². The molecule has 0 saturated carbocycles. The second-order valence-electron chi connectivity index (χ2n) is 20.0. The van der Waals surface area contributed by atoms with E-state index in [4.69, 9.17) is 4.74 Å². The number of amides is 1. The van der Waals surface area contributed by atoms with Crippen LogP contribution in [0.1, 0.15) is 303 Å². The Kier molecular flexibility index (Phi) is 53.0. The monoisotopic (exact) mass is 940 g/mol. The van der Waals surface area contributed by atoms with Gasteiger partial charge in [0, 0.05) is 6.42 Å². The van der Waals surface area contributed by atoms with Crippen molar-refractivity contribution in [2.24, 2.45) is 0 Å². The van der Waals surface area contributed by atoms with Gasteiger partial charge in [-0.2, -0.15) is 0 Å². The first kappa shape index (κ1) is 64.8. The fraction of sp³-hybridized carbons (Fsp3) is 0.836. The summed E-state index contributed by atoms with van der Waals surface area (Å²) in [5.41, 5.74) is 0. The minimum absolute atomic E-state index is 0.0632. The summed E-state index contributed by atoms with van der Waals surface area (Å²) in [5, 5.41) is 23.9. The van der Waals surface area contributed by atoms with E-state index in [1.165, 1.54) is 167 Å². The van der Waals surface area contributed by atoms with Gasteiger partial charge in [-0.1, -0.05) is 256 Å². The largest absolute Gasteiger partial charge is 0.462 e. The average molecular weight is 941 g/mol. The Hall–Kier alpha value is -2.18. The number of carbonyl (C=O) groups is 2. The molecule has 392 valence electrons. The third kappa shape index (κ3) is 50.0. The second-order valence-corrected chi connectivity index (χ2v) is 20.0. The van der Waals surface area contributed by atoms with Crippen LogP contribution in [0.15, 0.2) is 48.6 Å². The Balaban J connectivity index is 4.57. The third-order valence-corrected chi connectivity index (χ3v) is 13.4. The zero-order valence-corrected chi connectivity index (χ0v) is 44.8. The molecule has 0 heterocycles. The van der Waals surface area contributed by atoms with E-state index >= 15 is 0 Å². The SMILES string of the molecule is CC/C=C/C/C=C/C/C=C/CCCCCCCCC(=O)OC(CCCCC/C=C/CCCCCCCCCCC)CC(=O)NC(CO)C(O)CCCCCCCCCCCCCCCCCC. The van der Waals surface area contributed by atoms with Gasteiger partial charge in [0.15, 0.2) is 0 Å². The van der Waals surface area contributed by atoms with Crippen molar-refractivity contribution in [3.63, 3.8) is 0 Å². The normalized spacial score (nSPS) is 13.4. The first-order valence-electron chi connectivity index (χ1n) is 29.4. The lowest BCUT2D eigenvalue weighted by atomic mass is 10.0. The Morgan fingerprint density at radius 2 is 0.806 bits per heavy atom. The second kappa shape index (κ2) is 54.8. The molecule has 0 bridgehead atoms. The molecule has 0 fully saturated rings. The first-order valence-corrected chi connectivity index (χ1v) is 29.4. The predicted molar refractivity (Wildman–Crippen MR) is 292 cm³/mol. The fourth-order valence-electron chi connectivity index (χ4n) is 8.97. The summed E-state index contributed by atoms with van der Waals surface area (Å²) < 4.78 is 5.95. The van der Waals surface area contributed by atoms with Crippen molar-refractivity contribution >= 4 is 11.9 Å². The van der Waals surface area contributed by atoms with Crippen LogP contribution in [0.3, 0.4) is 0 Å². The number of aliphatic hydroxyl groups excluding tert-OH is 2. The number of ether oxygens (including phenoxy) is 1. The van der Waals surface area contributed by atoms with E-state index in [1.807, 2.05) is 0 Å². The number of esters is 1. The van der Waals surface area contributed by atoms with Crippen molar-refractivity contribution in [3.8, 4) is 0 Å². The number of nitrogens with one attached hydrogen (secondary N) is 1. The summed E-state index contributed by atoms with van der Waals surface area (Å²) in [6, 6.07) is -0.710. The van der Waals surface area contributed by atoms with E-state index in [0.29, 0.717) is 19.3 Å². The van der Waals surface area contributed by atoms with Crippen LogP contribution >= 0.6 is 0 Å². The van der Waals surface area contributed by atoms with Gasteiger partial charge in [0.25, 0.3) is 0 Å². The van der Waals surface area contributed by atoms with Gasteiger partial charge in [-0.25, -0.2) is 0 Å². The summed E-state index contributed by atoms with van der Waals surface area (Å²) >= 11 is 0. The summed E-state index contributed by atoms with van der Waals surface area (Å²) in [6.45, 7) is 6.40. The highest BCUT2D eigenvalue weighted by atomic mass is 16.5. The van der Waals surface area contributed by atoms with Crippen LogP contribution in [0.4, 0.5) is 0 Å². The number of carbonyl (C=O) groups excluding carboxylic acids is 2. The van der Waals surface area contributed by atoms with Gasteiger partial charge in [0.05, 0.1) is 25.2 Å². The molecular weight excluding hydrogens is 827 g/mol. The van der Waals surface area contributed by atoms with Crippen molar-refractivity contribution in [2.75, 3.05) is 6.61 Å². The molecular formula is C61H113NO5. The highest BCUT2D eigenvalue weighted by Gasteiger charge is 2.24. The zero-order valence-electron chi connectivity index (χ0n) is 44.8. The number of aliphatic hydroxyl groups is 2. The van der Waals surface area contributed by atoms with E-state index < -0.39 is 18.2 Å². The number of rotatable bonds is 53. The quantitative estimate of drug-likeness (QED) is 0.0321. The molecule has 0 aliphatic heterocycles. The van der Waals surface area contributed by atoms with Gasteiger partial charge in [-0.15, -0.1) is 0 Å². The van der Waals surface area contributed by atoms with Gasteiger partial charge < -0.3 is 20.3 Å². The number of hydrogen-bond acceptors (Lipinski definition) is 5. The standard InChI is InChI=1S/C61H113NO5/c1-4-7-10-13-16-19-22-25-28-31-34-37-40-43-46-49-52-57(67-61(66)54-51-48-45-42-39-36-33-30-27-24-21-18-15-12-9-6-3)55-60(65)62-58(56-63)59(64)53-50-47-44-41-38-35-32-29-26-23-20-17-14-11-8-5-2/h9,12,18,21,27,30,34,37,57-59,63-64H,4-8,10-11,13-17,19-20,22-26,28-29,31-33,35-36,38-56H2,1-3H3,(H,62,65)/b12-9+,21-18+,30-27+,37-34+. The van der Waals surface area contributed by atoms with Crippen molar-refractivity contribution in [2.45, 2.75) is 322 Å². The van der Waals surface area contributed by atoms with E-state index in [9.17, 15) is 19.8 Å². The Bertz CT molecular complexity index is 1150. The molecule has 0 saturated heterocycles. The van der Waals surface area contributed by atoms with Crippen molar-refractivity contribution in [1.82, 2.24) is 5.32 Å². The maximum Gasteiger partial charge on any atom is 0.306 e. The zero-order chi connectivity index (χ0) is 48.8. The van der Waals surface area contributed by atoms with Crippen LogP contribution in [0.25, 0.3) is 0 Å². The molecule has 0 aromatic carbocycles. The average Bonchev–Trinajstić information content (AvgIpc) is 3.32. The van der Waals surface area contributed by atoms with Crippen LogP contribution < -0.4 is 5.32 Å². The van der Waals surface area contributed by atoms with Crippen molar-refractivity contribution < 1.29 is 24.5 Å². The molecule has 6 nitrogen and oxygen atoms in total. The van der Waals surface area contributed by atoms with Gasteiger partial charge in [0.1, 0.15) is 6.10 Å². The summed E-state index contributed by atoms with van der Waals surface area (Å²) in [6.07, 6.45) is 67.5. The van der Waals surface area contributed by atoms with Crippen LogP contribution in [0.5, 0.6) is 0 Å². The number of hydrogen-bond donors (Lipinski definition) is 3. The number of unbranched alkanes of at least 4 members (excludes halogenated alkanes) is 33. The van der Waals surface area contributed by atoms with Crippen LogP contribution in [0, 0.1) is 0 Å². The maximum absolute atomic E-state index is 13.3. The molecule has 0 aliphatic carbocycles. The molecule has 67 heavy (non-hydrogen) atoms. The lowest BCUT2D eigenvalue weighted by Gasteiger charge is -2.24. The molecule has 6 heteroatoms. The van der Waals surface area contributed by atoms with Gasteiger partial charge in [-0.05, 0) is 83.5 Å². The molecule has 0 spiro atoms. The van der Waals surface area contributed by atoms with Crippen molar-refractivity contribution in [3.05, 3.63) is 48.6 Å². The molecule has 1 amide bonds. The molecule has 0 aliphatic rings. The minimum atomic E-state index is -0.795.